The van der Waals surface area contributed by atoms with Gasteiger partial charge in [0.15, 0.2) is 11.5 Å². The minimum atomic E-state index is 0.329. The molecule has 0 bridgehead atoms. The number of ether oxygens (including phenoxy) is 1. The van der Waals surface area contributed by atoms with Crippen LogP contribution in [0.4, 0.5) is 5.69 Å². The fraction of sp³-hybridized carbons (Fsp3) is 0.455. The molecule has 16 heavy (non-hydrogen) atoms. The molecule has 0 aliphatic carbocycles. The minimum Gasteiger partial charge on any atom is -0.399 e. The Hall–Kier alpha value is -1.62. The number of fused-ring (bicyclic) bond motifs is 1. The summed E-state index contributed by atoms with van der Waals surface area (Å²) < 4.78 is 7.21. The summed E-state index contributed by atoms with van der Waals surface area (Å²) in [7, 11) is 0. The average Bonchev–Trinajstić information content (AvgIpc) is 2.73. The molecule has 3 rings (SSSR count). The lowest BCUT2D eigenvalue weighted by molar-refractivity contribution is 0.0781. The molecule has 0 spiro atoms. The summed E-state index contributed by atoms with van der Waals surface area (Å²) in [6, 6.07) is 3.66. The zero-order valence-electron chi connectivity index (χ0n) is 8.97. The molecule has 1 fully saturated rings. The molecule has 1 aliphatic heterocycles. The first-order valence-corrected chi connectivity index (χ1v) is 5.52. The summed E-state index contributed by atoms with van der Waals surface area (Å²) in [5.41, 5.74) is 7.23. The van der Waals surface area contributed by atoms with Gasteiger partial charge < -0.3 is 10.5 Å². The van der Waals surface area contributed by atoms with Crippen LogP contribution in [-0.4, -0.2) is 27.8 Å². The number of pyridine rings is 1. The van der Waals surface area contributed by atoms with Gasteiger partial charge in [-0.1, -0.05) is 0 Å². The van der Waals surface area contributed by atoms with Gasteiger partial charge in [0.05, 0.1) is 6.61 Å². The zero-order chi connectivity index (χ0) is 11.0. The van der Waals surface area contributed by atoms with Crippen LogP contribution in [0.25, 0.3) is 5.65 Å². The highest BCUT2D eigenvalue weighted by atomic mass is 16.5. The molecule has 2 aromatic heterocycles. The van der Waals surface area contributed by atoms with Gasteiger partial charge in [0.25, 0.3) is 0 Å². The molecule has 2 aromatic rings. The molecule has 0 amide bonds. The van der Waals surface area contributed by atoms with Crippen molar-refractivity contribution in [1.82, 2.24) is 14.6 Å². The molecule has 1 aliphatic rings. The maximum absolute atomic E-state index is 5.71. The van der Waals surface area contributed by atoms with Gasteiger partial charge in [-0.25, -0.2) is 9.50 Å². The van der Waals surface area contributed by atoms with Crippen molar-refractivity contribution < 1.29 is 4.74 Å². The lowest BCUT2D eigenvalue weighted by Crippen LogP contribution is -2.16. The third-order valence-electron chi connectivity index (χ3n) is 2.90. The van der Waals surface area contributed by atoms with E-state index in [1.54, 1.807) is 4.52 Å². The van der Waals surface area contributed by atoms with Gasteiger partial charge in [-0.15, -0.1) is 0 Å². The Morgan fingerprint density at radius 2 is 2.44 bits per heavy atom. The number of hydrogen-bond donors (Lipinski definition) is 1. The van der Waals surface area contributed by atoms with Crippen LogP contribution in [0, 0.1) is 0 Å². The number of nitrogens with two attached hydrogens (primary N) is 1. The van der Waals surface area contributed by atoms with E-state index in [-0.39, 0.29) is 0 Å². The van der Waals surface area contributed by atoms with Gasteiger partial charge in [0, 0.05) is 30.5 Å². The first kappa shape index (κ1) is 9.59. The Morgan fingerprint density at radius 1 is 1.50 bits per heavy atom. The first-order valence-electron chi connectivity index (χ1n) is 5.52. The number of nitrogens with zero attached hydrogens (tertiary/aromatic N) is 3. The predicted molar refractivity (Wildman–Crippen MR) is 60.2 cm³/mol. The van der Waals surface area contributed by atoms with Crippen molar-refractivity contribution in [3.63, 3.8) is 0 Å². The van der Waals surface area contributed by atoms with E-state index in [9.17, 15) is 0 Å². The Kier molecular flexibility index (Phi) is 2.25. The summed E-state index contributed by atoms with van der Waals surface area (Å²) in [5.74, 6) is 1.19. The highest BCUT2D eigenvalue weighted by Crippen LogP contribution is 2.23. The number of nitrogen functional groups attached to an aromatic ring is 1. The van der Waals surface area contributed by atoms with E-state index < -0.39 is 0 Å². The third-order valence-corrected chi connectivity index (χ3v) is 2.90. The second kappa shape index (κ2) is 3.75. The van der Waals surface area contributed by atoms with Gasteiger partial charge in [-0.05, 0) is 18.9 Å². The second-order valence-corrected chi connectivity index (χ2v) is 4.15. The number of hydrogen-bond acceptors (Lipinski definition) is 4. The highest BCUT2D eigenvalue weighted by Gasteiger charge is 2.20. The van der Waals surface area contributed by atoms with Crippen LogP contribution in [0.3, 0.4) is 0 Å². The van der Waals surface area contributed by atoms with Crippen LogP contribution >= 0.6 is 0 Å². The molecule has 5 nitrogen and oxygen atoms in total. The molecule has 2 N–H and O–H groups in total. The van der Waals surface area contributed by atoms with Crippen molar-refractivity contribution in [3.8, 4) is 0 Å². The molecule has 1 saturated heterocycles. The number of rotatable bonds is 1. The van der Waals surface area contributed by atoms with E-state index >= 15 is 0 Å². The lowest BCUT2D eigenvalue weighted by Gasteiger charge is -2.18. The Morgan fingerprint density at radius 3 is 3.25 bits per heavy atom. The standard InChI is InChI=1S/C11H14N4O/c12-9-3-4-15-10(6-9)13-11(14-15)8-2-1-5-16-7-8/h3-4,6,8H,1-2,5,7,12H2. The van der Waals surface area contributed by atoms with Gasteiger partial charge in [0.2, 0.25) is 0 Å². The van der Waals surface area contributed by atoms with Crippen molar-refractivity contribution in [1.29, 1.82) is 0 Å². The molecule has 0 radical (unpaired) electrons. The SMILES string of the molecule is Nc1ccn2nc(C3CCCOC3)nc2c1. The fourth-order valence-electron chi connectivity index (χ4n) is 2.03. The summed E-state index contributed by atoms with van der Waals surface area (Å²) in [4.78, 5) is 4.49. The largest absolute Gasteiger partial charge is 0.399 e. The predicted octanol–water partition coefficient (Wildman–Crippen LogP) is 1.21. The maximum Gasteiger partial charge on any atom is 0.157 e. The van der Waals surface area contributed by atoms with Gasteiger partial charge >= 0.3 is 0 Å². The van der Waals surface area contributed by atoms with Crippen molar-refractivity contribution in [3.05, 3.63) is 24.2 Å². The quantitative estimate of drug-likeness (QED) is 0.781. The third kappa shape index (κ3) is 1.63. The average molecular weight is 218 g/mol. The van der Waals surface area contributed by atoms with E-state index in [0.717, 1.165) is 37.5 Å². The van der Waals surface area contributed by atoms with Crippen LogP contribution in [0.5, 0.6) is 0 Å². The smallest absolute Gasteiger partial charge is 0.157 e. The van der Waals surface area contributed by atoms with Crippen LogP contribution in [-0.2, 0) is 4.74 Å². The Bertz CT molecular complexity index is 502. The molecule has 5 heteroatoms. The fourth-order valence-corrected chi connectivity index (χ4v) is 2.03. The van der Waals surface area contributed by atoms with E-state index in [2.05, 4.69) is 10.1 Å². The van der Waals surface area contributed by atoms with E-state index in [0.29, 0.717) is 11.6 Å². The molecular weight excluding hydrogens is 204 g/mol. The second-order valence-electron chi connectivity index (χ2n) is 4.15. The first-order chi connectivity index (χ1) is 7.83. The van der Waals surface area contributed by atoms with Crippen LogP contribution < -0.4 is 5.73 Å². The van der Waals surface area contributed by atoms with Crippen molar-refractivity contribution in [2.45, 2.75) is 18.8 Å². The van der Waals surface area contributed by atoms with Gasteiger partial charge in [-0.2, -0.15) is 5.10 Å². The van der Waals surface area contributed by atoms with Crippen molar-refractivity contribution in [2.24, 2.45) is 0 Å². The normalized spacial score (nSPS) is 21.4. The topological polar surface area (TPSA) is 65.4 Å². The van der Waals surface area contributed by atoms with Gasteiger partial charge in [0.1, 0.15) is 0 Å². The highest BCUT2D eigenvalue weighted by molar-refractivity contribution is 5.50. The molecule has 0 saturated carbocycles. The molecule has 84 valence electrons. The maximum atomic E-state index is 5.71. The summed E-state index contributed by atoms with van der Waals surface area (Å²) in [6.07, 6.45) is 4.03. The molecule has 3 heterocycles. The van der Waals surface area contributed by atoms with E-state index in [1.165, 1.54) is 0 Å². The van der Waals surface area contributed by atoms with Crippen molar-refractivity contribution in [2.75, 3.05) is 18.9 Å². The zero-order valence-corrected chi connectivity index (χ0v) is 8.97. The lowest BCUT2D eigenvalue weighted by atomic mass is 10.0. The van der Waals surface area contributed by atoms with E-state index in [1.807, 2.05) is 18.3 Å². The van der Waals surface area contributed by atoms with Crippen LogP contribution in [0.1, 0.15) is 24.6 Å². The molecule has 0 aromatic carbocycles. The summed E-state index contributed by atoms with van der Waals surface area (Å²) in [6.45, 7) is 1.59. The Labute approximate surface area is 93.2 Å². The molecule has 1 unspecified atom stereocenters. The van der Waals surface area contributed by atoms with E-state index in [4.69, 9.17) is 10.5 Å². The van der Waals surface area contributed by atoms with Crippen LogP contribution in [0.2, 0.25) is 0 Å². The summed E-state index contributed by atoms with van der Waals surface area (Å²) >= 11 is 0. The number of anilines is 1. The molecular formula is C11H14N4O. The van der Waals surface area contributed by atoms with Crippen LogP contribution in [0.15, 0.2) is 18.3 Å². The molecule has 1 atom stereocenters. The Balaban J connectivity index is 1.97. The monoisotopic (exact) mass is 218 g/mol. The number of aromatic nitrogens is 3. The van der Waals surface area contributed by atoms with Gasteiger partial charge in [-0.3, -0.25) is 0 Å². The van der Waals surface area contributed by atoms with Crippen molar-refractivity contribution >= 4 is 11.3 Å². The summed E-state index contributed by atoms with van der Waals surface area (Å²) in [5, 5.41) is 4.45. The minimum absolute atomic E-state index is 0.329.